The average Bonchev–Trinajstić information content (AvgIpc) is 2.73. The van der Waals surface area contributed by atoms with Crippen molar-refractivity contribution < 1.29 is 0 Å². The maximum absolute atomic E-state index is 5.95. The Morgan fingerprint density at radius 2 is 2.39 bits per heavy atom. The van der Waals surface area contributed by atoms with Gasteiger partial charge < -0.3 is 5.32 Å². The van der Waals surface area contributed by atoms with Gasteiger partial charge in [-0.3, -0.25) is 0 Å². The summed E-state index contributed by atoms with van der Waals surface area (Å²) >= 11 is 5.95. The third kappa shape index (κ3) is 2.35. The Morgan fingerprint density at radius 3 is 3.17 bits per heavy atom. The van der Waals surface area contributed by atoms with Crippen molar-refractivity contribution in [3.05, 3.63) is 28.7 Å². The molecule has 0 saturated carbocycles. The Bertz CT molecular complexity index is 557. The molecule has 2 aromatic heterocycles. The van der Waals surface area contributed by atoms with E-state index in [0.717, 1.165) is 29.9 Å². The molecule has 1 aliphatic heterocycles. The molecule has 1 fully saturated rings. The second kappa shape index (κ2) is 4.86. The number of rotatable bonds is 2. The van der Waals surface area contributed by atoms with E-state index in [2.05, 4.69) is 15.4 Å². The van der Waals surface area contributed by atoms with E-state index in [-0.39, 0.29) is 0 Å². The monoisotopic (exact) mass is 264 g/mol. The van der Waals surface area contributed by atoms with Gasteiger partial charge in [0.1, 0.15) is 5.15 Å². The number of imidazole rings is 1. The minimum atomic E-state index is 0.514. The van der Waals surface area contributed by atoms with Crippen molar-refractivity contribution in [3.8, 4) is 0 Å². The smallest absolute Gasteiger partial charge is 0.156 e. The van der Waals surface area contributed by atoms with Gasteiger partial charge in [0, 0.05) is 12.5 Å². The number of hydrogen-bond donors (Lipinski definition) is 1. The summed E-state index contributed by atoms with van der Waals surface area (Å²) in [7, 11) is 0. The molecule has 0 bridgehead atoms. The molecule has 0 aromatic carbocycles. The highest BCUT2D eigenvalue weighted by atomic mass is 35.5. The Labute approximate surface area is 111 Å². The predicted octanol–water partition coefficient (Wildman–Crippen LogP) is 2.38. The summed E-state index contributed by atoms with van der Waals surface area (Å²) in [6, 6.07) is 2.41. The zero-order valence-electron chi connectivity index (χ0n) is 10.5. The first-order valence-electron chi connectivity index (χ1n) is 6.47. The number of piperidine rings is 1. The van der Waals surface area contributed by atoms with Gasteiger partial charge in [0.25, 0.3) is 0 Å². The second-order valence-electron chi connectivity index (χ2n) is 5.00. The molecule has 0 spiro atoms. The molecule has 0 amide bonds. The highest BCUT2D eigenvalue weighted by Crippen LogP contribution is 2.16. The van der Waals surface area contributed by atoms with Crippen LogP contribution in [-0.2, 0) is 6.42 Å². The van der Waals surface area contributed by atoms with Crippen molar-refractivity contribution in [2.45, 2.75) is 38.6 Å². The lowest BCUT2D eigenvalue weighted by molar-refractivity contribution is 0.397. The highest BCUT2D eigenvalue weighted by molar-refractivity contribution is 6.29. The Balaban J connectivity index is 1.86. The first kappa shape index (κ1) is 11.9. The number of nitrogens with one attached hydrogen (secondary N) is 1. The van der Waals surface area contributed by atoms with E-state index in [0.29, 0.717) is 11.2 Å². The lowest BCUT2D eigenvalue weighted by atomic mass is 10.0. The van der Waals surface area contributed by atoms with Crippen molar-refractivity contribution >= 4 is 17.2 Å². The molecule has 3 rings (SSSR count). The van der Waals surface area contributed by atoms with Crippen LogP contribution in [-0.4, -0.2) is 27.2 Å². The third-order valence-electron chi connectivity index (χ3n) is 3.50. The van der Waals surface area contributed by atoms with Crippen LogP contribution in [0.5, 0.6) is 0 Å². The van der Waals surface area contributed by atoms with Gasteiger partial charge in [-0.05, 0) is 37.9 Å². The molecule has 1 atom stereocenters. The molecule has 5 heteroatoms. The van der Waals surface area contributed by atoms with E-state index >= 15 is 0 Å². The van der Waals surface area contributed by atoms with Crippen molar-refractivity contribution in [2.75, 3.05) is 6.54 Å². The van der Waals surface area contributed by atoms with Crippen LogP contribution < -0.4 is 5.32 Å². The topological polar surface area (TPSA) is 42.2 Å². The number of nitrogens with zero attached hydrogens (tertiary/aromatic N) is 3. The molecule has 2 aromatic rings. The van der Waals surface area contributed by atoms with E-state index < -0.39 is 0 Å². The predicted molar refractivity (Wildman–Crippen MR) is 72.1 cm³/mol. The van der Waals surface area contributed by atoms with Crippen LogP contribution in [0.15, 0.2) is 12.3 Å². The first-order chi connectivity index (χ1) is 8.72. The molecule has 1 N–H and O–H groups in total. The van der Waals surface area contributed by atoms with Gasteiger partial charge in [-0.1, -0.05) is 18.0 Å². The summed E-state index contributed by atoms with van der Waals surface area (Å²) in [4.78, 5) is 4.65. The van der Waals surface area contributed by atoms with Gasteiger partial charge in [-0.25, -0.2) is 9.50 Å². The number of aryl methyl sites for hydroxylation is 1. The number of halogens is 1. The minimum absolute atomic E-state index is 0.514. The summed E-state index contributed by atoms with van der Waals surface area (Å²) in [6.07, 6.45) is 6.80. The molecule has 18 heavy (non-hydrogen) atoms. The molecule has 0 radical (unpaired) electrons. The Hall–Kier alpha value is -1.13. The van der Waals surface area contributed by atoms with Gasteiger partial charge in [0.05, 0.1) is 11.9 Å². The fraction of sp³-hybridized carbons (Fsp3) is 0.538. The molecular formula is C13H17ClN4. The van der Waals surface area contributed by atoms with Crippen LogP contribution >= 0.6 is 11.6 Å². The highest BCUT2D eigenvalue weighted by Gasteiger charge is 2.15. The summed E-state index contributed by atoms with van der Waals surface area (Å²) < 4.78 is 1.79. The average molecular weight is 265 g/mol. The molecular weight excluding hydrogens is 248 g/mol. The van der Waals surface area contributed by atoms with Gasteiger partial charge in [-0.2, -0.15) is 5.10 Å². The van der Waals surface area contributed by atoms with Crippen molar-refractivity contribution in [2.24, 2.45) is 0 Å². The van der Waals surface area contributed by atoms with Crippen LogP contribution in [0.25, 0.3) is 5.65 Å². The molecule has 0 unspecified atom stereocenters. The Kier molecular flexibility index (Phi) is 3.22. The molecule has 1 aliphatic rings. The minimum Gasteiger partial charge on any atom is -0.314 e. The van der Waals surface area contributed by atoms with Crippen LogP contribution in [0.1, 0.15) is 30.5 Å². The fourth-order valence-electron chi connectivity index (χ4n) is 2.59. The lowest BCUT2D eigenvalue weighted by Crippen LogP contribution is -2.35. The molecule has 3 heterocycles. The second-order valence-corrected chi connectivity index (χ2v) is 5.39. The summed E-state index contributed by atoms with van der Waals surface area (Å²) in [6.45, 7) is 3.14. The zero-order chi connectivity index (χ0) is 12.5. The van der Waals surface area contributed by atoms with E-state index in [1.54, 1.807) is 4.52 Å². The van der Waals surface area contributed by atoms with E-state index in [9.17, 15) is 0 Å². The standard InChI is InChI=1S/C13H17ClN4/c1-9-6-12(14)17-18-8-11(16-13(9)18)7-10-4-2-3-5-15-10/h6,8,10,15H,2-5,7H2,1H3/t10-/m0/s1. The maximum Gasteiger partial charge on any atom is 0.156 e. The third-order valence-corrected chi connectivity index (χ3v) is 3.68. The number of aromatic nitrogens is 3. The number of fused-ring (bicyclic) bond motifs is 1. The number of hydrogen-bond acceptors (Lipinski definition) is 3. The summed E-state index contributed by atoms with van der Waals surface area (Å²) in [5.41, 5.74) is 3.07. The van der Waals surface area contributed by atoms with Crippen LogP contribution in [0.2, 0.25) is 5.15 Å². The van der Waals surface area contributed by atoms with E-state index in [1.165, 1.54) is 19.3 Å². The Morgan fingerprint density at radius 1 is 1.50 bits per heavy atom. The van der Waals surface area contributed by atoms with Gasteiger partial charge in [-0.15, -0.1) is 0 Å². The van der Waals surface area contributed by atoms with E-state index in [1.807, 2.05) is 19.2 Å². The molecule has 1 saturated heterocycles. The molecule has 96 valence electrons. The van der Waals surface area contributed by atoms with Gasteiger partial charge >= 0.3 is 0 Å². The fourth-order valence-corrected chi connectivity index (χ4v) is 2.83. The van der Waals surface area contributed by atoms with Gasteiger partial charge in [0.15, 0.2) is 5.65 Å². The summed E-state index contributed by atoms with van der Waals surface area (Å²) in [5, 5.41) is 8.31. The largest absolute Gasteiger partial charge is 0.314 e. The van der Waals surface area contributed by atoms with Crippen LogP contribution in [0.4, 0.5) is 0 Å². The van der Waals surface area contributed by atoms with Crippen LogP contribution in [0.3, 0.4) is 0 Å². The van der Waals surface area contributed by atoms with Crippen molar-refractivity contribution in [3.63, 3.8) is 0 Å². The zero-order valence-corrected chi connectivity index (χ0v) is 11.2. The quantitative estimate of drug-likeness (QED) is 0.906. The van der Waals surface area contributed by atoms with Crippen LogP contribution in [0, 0.1) is 6.92 Å². The lowest BCUT2D eigenvalue weighted by Gasteiger charge is -2.22. The first-order valence-corrected chi connectivity index (χ1v) is 6.85. The van der Waals surface area contributed by atoms with E-state index in [4.69, 9.17) is 11.6 Å². The normalized spacial score (nSPS) is 20.4. The van der Waals surface area contributed by atoms with Crippen molar-refractivity contribution in [1.29, 1.82) is 0 Å². The van der Waals surface area contributed by atoms with Gasteiger partial charge in [0.2, 0.25) is 0 Å². The molecule has 4 nitrogen and oxygen atoms in total. The SMILES string of the molecule is Cc1cc(Cl)nn2cc(C[C@@H]3CCCCN3)nc12. The van der Waals surface area contributed by atoms with Crippen molar-refractivity contribution in [1.82, 2.24) is 19.9 Å². The molecule has 0 aliphatic carbocycles. The maximum atomic E-state index is 5.95. The summed E-state index contributed by atoms with van der Waals surface area (Å²) in [5.74, 6) is 0.